The molecule has 21 heavy (non-hydrogen) atoms. The molecular formula is C15H12IN3O2. The van der Waals surface area contributed by atoms with Gasteiger partial charge in [-0.3, -0.25) is 4.98 Å². The number of hydrogen-bond donors (Lipinski definition) is 1. The number of phenols is 1. The van der Waals surface area contributed by atoms with Crippen molar-refractivity contribution in [1.29, 1.82) is 0 Å². The normalized spacial score (nSPS) is 10.8. The summed E-state index contributed by atoms with van der Waals surface area (Å²) in [6.07, 6.45) is 4.36. The quantitative estimate of drug-likeness (QED) is 0.688. The average Bonchev–Trinajstić information content (AvgIpc) is 2.99. The largest absolute Gasteiger partial charge is 0.507 e. The summed E-state index contributed by atoms with van der Waals surface area (Å²) in [4.78, 5) is 8.52. The third-order valence-electron chi connectivity index (χ3n) is 3.14. The van der Waals surface area contributed by atoms with Gasteiger partial charge in [0.05, 0.1) is 3.57 Å². The summed E-state index contributed by atoms with van der Waals surface area (Å²) in [5.41, 5.74) is 2.67. The Kier molecular flexibility index (Phi) is 3.87. The molecule has 0 aliphatic heterocycles. The van der Waals surface area contributed by atoms with Crippen LogP contribution in [0.5, 0.6) is 5.75 Å². The van der Waals surface area contributed by atoms with E-state index in [-0.39, 0.29) is 5.75 Å². The highest BCUT2D eigenvalue weighted by molar-refractivity contribution is 14.1. The highest BCUT2D eigenvalue weighted by Gasteiger charge is 2.14. The minimum atomic E-state index is 0.200. The van der Waals surface area contributed by atoms with Crippen molar-refractivity contribution in [2.75, 3.05) is 0 Å². The highest BCUT2D eigenvalue weighted by atomic mass is 127. The second-order valence-electron chi connectivity index (χ2n) is 4.48. The van der Waals surface area contributed by atoms with Gasteiger partial charge in [-0.15, -0.1) is 0 Å². The van der Waals surface area contributed by atoms with Crippen LogP contribution < -0.4 is 0 Å². The summed E-state index contributed by atoms with van der Waals surface area (Å²) in [5, 5.41) is 13.8. The fourth-order valence-electron chi connectivity index (χ4n) is 2.02. The monoisotopic (exact) mass is 393 g/mol. The first-order chi connectivity index (χ1) is 10.2. The first kappa shape index (κ1) is 14.0. The van der Waals surface area contributed by atoms with Crippen LogP contribution in [0.15, 0.2) is 41.2 Å². The van der Waals surface area contributed by atoms with E-state index < -0.39 is 0 Å². The first-order valence-corrected chi connectivity index (χ1v) is 7.52. The summed E-state index contributed by atoms with van der Waals surface area (Å²) in [7, 11) is 0. The van der Waals surface area contributed by atoms with Gasteiger partial charge in [-0.25, -0.2) is 0 Å². The zero-order valence-electron chi connectivity index (χ0n) is 11.2. The summed E-state index contributed by atoms with van der Waals surface area (Å²) >= 11 is 2.06. The van der Waals surface area contributed by atoms with Crippen LogP contribution in [0.1, 0.15) is 12.5 Å². The van der Waals surface area contributed by atoms with Crippen LogP contribution in [-0.2, 0) is 6.42 Å². The lowest BCUT2D eigenvalue weighted by molar-refractivity contribution is 0.431. The number of phenolic OH excluding ortho intramolecular Hbond substituents is 1. The SMILES string of the molecule is CCc1cnccc1-c1noc(-c2ccc(I)c(O)c2)n1. The van der Waals surface area contributed by atoms with Crippen molar-refractivity contribution in [3.8, 4) is 28.6 Å². The van der Waals surface area contributed by atoms with Gasteiger partial charge in [-0.2, -0.15) is 4.98 Å². The van der Waals surface area contributed by atoms with Crippen LogP contribution >= 0.6 is 22.6 Å². The lowest BCUT2D eigenvalue weighted by Gasteiger charge is -2.01. The molecule has 3 aromatic rings. The van der Waals surface area contributed by atoms with Crippen LogP contribution in [0.25, 0.3) is 22.8 Å². The van der Waals surface area contributed by atoms with E-state index in [9.17, 15) is 5.11 Å². The molecule has 0 amide bonds. The standard InChI is InChI=1S/C15H12IN3O2/c1-2-9-8-17-6-5-11(9)14-18-15(21-19-14)10-3-4-12(16)13(20)7-10/h3-8,20H,2H2,1H3. The molecule has 1 aromatic carbocycles. The van der Waals surface area contributed by atoms with E-state index in [4.69, 9.17) is 4.52 Å². The van der Waals surface area contributed by atoms with Crippen molar-refractivity contribution >= 4 is 22.6 Å². The smallest absolute Gasteiger partial charge is 0.258 e. The Hall–Kier alpha value is -1.96. The molecule has 5 nitrogen and oxygen atoms in total. The zero-order chi connectivity index (χ0) is 14.8. The lowest BCUT2D eigenvalue weighted by atomic mass is 10.1. The lowest BCUT2D eigenvalue weighted by Crippen LogP contribution is -1.90. The molecule has 3 rings (SSSR count). The molecule has 0 aliphatic carbocycles. The van der Waals surface area contributed by atoms with E-state index >= 15 is 0 Å². The molecule has 2 aromatic heterocycles. The van der Waals surface area contributed by atoms with E-state index in [0.717, 1.165) is 21.1 Å². The third-order valence-corrected chi connectivity index (χ3v) is 4.06. The summed E-state index contributed by atoms with van der Waals surface area (Å²) in [6, 6.07) is 7.14. The van der Waals surface area contributed by atoms with Crippen LogP contribution in [0.4, 0.5) is 0 Å². The van der Waals surface area contributed by atoms with Crippen molar-refractivity contribution in [2.45, 2.75) is 13.3 Å². The van der Waals surface area contributed by atoms with Crippen molar-refractivity contribution < 1.29 is 9.63 Å². The fourth-order valence-corrected chi connectivity index (χ4v) is 2.36. The summed E-state index contributed by atoms with van der Waals surface area (Å²) in [6.45, 7) is 2.05. The van der Waals surface area contributed by atoms with Gasteiger partial charge in [0.2, 0.25) is 5.82 Å². The molecule has 0 bridgehead atoms. The minimum absolute atomic E-state index is 0.200. The zero-order valence-corrected chi connectivity index (χ0v) is 13.4. The van der Waals surface area contributed by atoms with E-state index in [2.05, 4.69) is 44.6 Å². The van der Waals surface area contributed by atoms with E-state index in [1.165, 1.54) is 0 Å². The average molecular weight is 393 g/mol. The topological polar surface area (TPSA) is 72.0 Å². The molecule has 1 N–H and O–H groups in total. The van der Waals surface area contributed by atoms with Crippen LogP contribution in [0.2, 0.25) is 0 Å². The van der Waals surface area contributed by atoms with Crippen LogP contribution in [0.3, 0.4) is 0 Å². The molecule has 6 heteroatoms. The highest BCUT2D eigenvalue weighted by Crippen LogP contribution is 2.28. The van der Waals surface area contributed by atoms with E-state index in [0.29, 0.717) is 17.3 Å². The predicted molar refractivity (Wildman–Crippen MR) is 86.7 cm³/mol. The minimum Gasteiger partial charge on any atom is -0.507 e. The second kappa shape index (κ2) is 5.80. The van der Waals surface area contributed by atoms with Gasteiger partial charge in [0.1, 0.15) is 5.75 Å². The number of rotatable bonds is 3. The van der Waals surface area contributed by atoms with Crippen molar-refractivity contribution in [3.05, 3.63) is 45.8 Å². The van der Waals surface area contributed by atoms with E-state index in [1.807, 2.05) is 18.3 Å². The number of aromatic hydroxyl groups is 1. The molecule has 0 saturated carbocycles. The van der Waals surface area contributed by atoms with Gasteiger partial charge in [-0.05, 0) is 58.8 Å². The number of halogens is 1. The number of benzene rings is 1. The van der Waals surface area contributed by atoms with Crippen LogP contribution in [-0.4, -0.2) is 20.2 Å². The molecule has 0 atom stereocenters. The molecule has 106 valence electrons. The van der Waals surface area contributed by atoms with Gasteiger partial charge in [0, 0.05) is 23.5 Å². The summed E-state index contributed by atoms with van der Waals surface area (Å²) in [5.74, 6) is 1.11. The molecule has 0 saturated heterocycles. The predicted octanol–water partition coefficient (Wildman–Crippen LogP) is 3.67. The maximum atomic E-state index is 9.76. The Balaban J connectivity index is 2.01. The maximum Gasteiger partial charge on any atom is 0.258 e. The Morgan fingerprint density at radius 2 is 2.14 bits per heavy atom. The third kappa shape index (κ3) is 2.76. The number of aromatic nitrogens is 3. The molecule has 2 heterocycles. The van der Waals surface area contributed by atoms with Gasteiger partial charge in [0.15, 0.2) is 0 Å². The Morgan fingerprint density at radius 3 is 2.90 bits per heavy atom. The number of nitrogens with zero attached hydrogens (tertiary/aromatic N) is 3. The molecule has 0 spiro atoms. The molecular weight excluding hydrogens is 381 g/mol. The Morgan fingerprint density at radius 1 is 1.29 bits per heavy atom. The first-order valence-electron chi connectivity index (χ1n) is 6.45. The molecule has 0 fully saturated rings. The van der Waals surface area contributed by atoms with Gasteiger partial charge in [-0.1, -0.05) is 12.1 Å². The number of hydrogen-bond acceptors (Lipinski definition) is 5. The van der Waals surface area contributed by atoms with Gasteiger partial charge < -0.3 is 9.63 Å². The Bertz CT molecular complexity index is 786. The second-order valence-corrected chi connectivity index (χ2v) is 5.64. The number of pyridine rings is 1. The van der Waals surface area contributed by atoms with Gasteiger partial charge in [0.25, 0.3) is 5.89 Å². The maximum absolute atomic E-state index is 9.76. The molecule has 0 aliphatic rings. The van der Waals surface area contributed by atoms with Crippen molar-refractivity contribution in [1.82, 2.24) is 15.1 Å². The van der Waals surface area contributed by atoms with Crippen molar-refractivity contribution in [3.63, 3.8) is 0 Å². The fraction of sp³-hybridized carbons (Fsp3) is 0.133. The molecule has 0 unspecified atom stereocenters. The van der Waals surface area contributed by atoms with Crippen LogP contribution in [0, 0.1) is 3.57 Å². The summed E-state index contributed by atoms with van der Waals surface area (Å²) < 4.78 is 6.08. The molecule has 0 radical (unpaired) electrons. The van der Waals surface area contributed by atoms with E-state index in [1.54, 1.807) is 18.3 Å². The Labute approximate surface area is 135 Å². The number of aryl methyl sites for hydroxylation is 1. The van der Waals surface area contributed by atoms with Crippen molar-refractivity contribution in [2.24, 2.45) is 0 Å². The van der Waals surface area contributed by atoms with Gasteiger partial charge >= 0.3 is 0 Å².